The van der Waals surface area contributed by atoms with Crippen LogP contribution >= 0.6 is 24.0 Å². The molecule has 3 fully saturated rings. The number of halogens is 1. The molecule has 2 aliphatic carbocycles. The van der Waals surface area contributed by atoms with Crippen LogP contribution < -0.4 is 10.6 Å². The van der Waals surface area contributed by atoms with E-state index in [-0.39, 0.29) is 30.1 Å². The van der Waals surface area contributed by atoms with Gasteiger partial charge in [0.1, 0.15) is 0 Å². The Balaban J connectivity index is 0.00000261. The number of carbonyl (C=O) groups is 1. The fourth-order valence-electron chi connectivity index (χ4n) is 3.62. The van der Waals surface area contributed by atoms with Crippen LogP contribution in [0.15, 0.2) is 4.99 Å². The van der Waals surface area contributed by atoms with E-state index in [4.69, 9.17) is 4.74 Å². The van der Waals surface area contributed by atoms with E-state index in [0.717, 1.165) is 56.9 Å². The maximum Gasteiger partial charge on any atom is 0.409 e. The molecule has 8 heteroatoms. The number of rotatable bonds is 8. The molecular weight excluding hydrogens is 457 g/mol. The molecule has 3 rings (SSSR count). The zero-order chi connectivity index (χ0) is 18.4. The first-order valence-electron chi connectivity index (χ1n) is 10.3. The van der Waals surface area contributed by atoms with Crippen LogP contribution in [0.1, 0.15) is 45.4 Å². The molecule has 1 saturated heterocycles. The van der Waals surface area contributed by atoms with Gasteiger partial charge in [-0.1, -0.05) is 0 Å². The first-order valence-corrected chi connectivity index (χ1v) is 10.3. The lowest BCUT2D eigenvalue weighted by Gasteiger charge is -2.32. The van der Waals surface area contributed by atoms with E-state index in [1.807, 2.05) is 14.0 Å². The van der Waals surface area contributed by atoms with Gasteiger partial charge < -0.3 is 20.3 Å². The molecule has 0 unspecified atom stereocenters. The Kier molecular flexibility index (Phi) is 9.41. The SMILES string of the molecule is CCOC(=O)N1CCC(NC(=NC)NCCN(CC2CC2)C2CC2)CC1.I. The van der Waals surface area contributed by atoms with Crippen LogP contribution in [0.5, 0.6) is 0 Å². The van der Waals surface area contributed by atoms with Crippen LogP contribution in [0, 0.1) is 5.92 Å². The van der Waals surface area contributed by atoms with Crippen LogP contribution in [0.4, 0.5) is 4.79 Å². The Hall–Kier alpha value is -0.770. The molecule has 0 aromatic carbocycles. The number of nitrogens with one attached hydrogen (secondary N) is 2. The van der Waals surface area contributed by atoms with E-state index in [1.54, 1.807) is 4.90 Å². The zero-order valence-electron chi connectivity index (χ0n) is 16.8. The lowest BCUT2D eigenvalue weighted by atomic mass is 10.1. The Morgan fingerprint density at radius 2 is 1.89 bits per heavy atom. The second-order valence-corrected chi connectivity index (χ2v) is 7.77. The van der Waals surface area contributed by atoms with Crippen molar-refractivity contribution in [2.24, 2.45) is 10.9 Å². The van der Waals surface area contributed by atoms with E-state index in [1.165, 1.54) is 32.2 Å². The van der Waals surface area contributed by atoms with Gasteiger partial charge in [-0.15, -0.1) is 24.0 Å². The second kappa shape index (κ2) is 11.3. The summed E-state index contributed by atoms with van der Waals surface area (Å²) in [5.74, 6) is 1.83. The minimum Gasteiger partial charge on any atom is -0.450 e. The molecule has 0 aromatic rings. The number of amides is 1. The summed E-state index contributed by atoms with van der Waals surface area (Å²) in [7, 11) is 1.83. The number of carbonyl (C=O) groups excluding carboxylic acids is 1. The Morgan fingerprint density at radius 1 is 1.19 bits per heavy atom. The molecule has 2 saturated carbocycles. The minimum absolute atomic E-state index is 0. The number of hydrogen-bond acceptors (Lipinski definition) is 4. The van der Waals surface area contributed by atoms with Gasteiger partial charge in [-0.25, -0.2) is 4.79 Å². The van der Waals surface area contributed by atoms with Gasteiger partial charge in [-0.3, -0.25) is 9.89 Å². The summed E-state index contributed by atoms with van der Waals surface area (Å²) in [4.78, 5) is 20.6. The number of guanidine groups is 1. The van der Waals surface area contributed by atoms with Crippen LogP contribution in [0.2, 0.25) is 0 Å². The number of ether oxygens (including phenoxy) is 1. The summed E-state index contributed by atoms with van der Waals surface area (Å²) in [6.07, 6.45) is 7.25. The largest absolute Gasteiger partial charge is 0.450 e. The van der Waals surface area contributed by atoms with E-state index in [2.05, 4.69) is 20.5 Å². The van der Waals surface area contributed by atoms with Crippen molar-refractivity contribution in [2.45, 2.75) is 57.5 Å². The predicted molar refractivity (Wildman–Crippen MR) is 119 cm³/mol. The third-order valence-electron chi connectivity index (χ3n) is 5.53. The average Bonchev–Trinajstić information content (AvgIpc) is 3.54. The minimum atomic E-state index is -0.190. The normalized spacial score (nSPS) is 21.0. The van der Waals surface area contributed by atoms with Crippen molar-refractivity contribution in [3.05, 3.63) is 0 Å². The first-order chi connectivity index (χ1) is 12.7. The van der Waals surface area contributed by atoms with Crippen LogP contribution in [-0.4, -0.2) is 80.3 Å². The highest BCUT2D eigenvalue weighted by Gasteiger charge is 2.33. The fraction of sp³-hybridized carbons (Fsp3) is 0.895. The maximum absolute atomic E-state index is 11.8. The molecule has 3 aliphatic rings. The number of nitrogens with zero attached hydrogens (tertiary/aromatic N) is 3. The third kappa shape index (κ3) is 7.63. The first kappa shape index (κ1) is 22.5. The van der Waals surface area contributed by atoms with E-state index in [9.17, 15) is 4.79 Å². The molecular formula is C19H36IN5O2. The lowest BCUT2D eigenvalue weighted by molar-refractivity contribution is 0.0963. The Morgan fingerprint density at radius 3 is 2.44 bits per heavy atom. The number of aliphatic imine (C=N–C) groups is 1. The van der Waals surface area contributed by atoms with E-state index in [0.29, 0.717) is 12.6 Å². The van der Waals surface area contributed by atoms with Crippen molar-refractivity contribution < 1.29 is 9.53 Å². The van der Waals surface area contributed by atoms with Gasteiger partial charge in [0.05, 0.1) is 6.61 Å². The molecule has 1 aliphatic heterocycles. The van der Waals surface area contributed by atoms with Crippen molar-refractivity contribution in [2.75, 3.05) is 46.4 Å². The molecule has 0 spiro atoms. The summed E-state index contributed by atoms with van der Waals surface area (Å²) in [6, 6.07) is 1.19. The van der Waals surface area contributed by atoms with Gasteiger partial charge in [0.2, 0.25) is 0 Å². The number of hydrogen-bond donors (Lipinski definition) is 2. The molecule has 0 bridgehead atoms. The summed E-state index contributed by atoms with van der Waals surface area (Å²) in [6.45, 7) is 7.08. The van der Waals surface area contributed by atoms with Gasteiger partial charge in [0.15, 0.2) is 5.96 Å². The fourth-order valence-corrected chi connectivity index (χ4v) is 3.62. The molecule has 0 aromatic heterocycles. The zero-order valence-corrected chi connectivity index (χ0v) is 19.1. The highest BCUT2D eigenvalue weighted by Crippen LogP contribution is 2.34. The number of piperidine rings is 1. The van der Waals surface area contributed by atoms with Crippen molar-refractivity contribution in [3.8, 4) is 0 Å². The molecule has 2 N–H and O–H groups in total. The van der Waals surface area contributed by atoms with Crippen molar-refractivity contribution in [3.63, 3.8) is 0 Å². The Bertz CT molecular complexity index is 488. The Labute approximate surface area is 180 Å². The van der Waals surface area contributed by atoms with Crippen molar-refractivity contribution >= 4 is 36.0 Å². The summed E-state index contributed by atoms with van der Waals surface area (Å²) in [5.41, 5.74) is 0. The molecule has 7 nitrogen and oxygen atoms in total. The van der Waals surface area contributed by atoms with E-state index < -0.39 is 0 Å². The second-order valence-electron chi connectivity index (χ2n) is 7.77. The highest BCUT2D eigenvalue weighted by molar-refractivity contribution is 14.0. The van der Waals surface area contributed by atoms with Gasteiger partial charge in [-0.05, 0) is 51.4 Å². The van der Waals surface area contributed by atoms with Gasteiger partial charge in [-0.2, -0.15) is 0 Å². The summed E-state index contributed by atoms with van der Waals surface area (Å²) >= 11 is 0. The molecule has 27 heavy (non-hydrogen) atoms. The quantitative estimate of drug-likeness (QED) is 0.309. The molecule has 1 amide bonds. The predicted octanol–water partition coefficient (Wildman–Crippen LogP) is 2.26. The molecule has 0 radical (unpaired) electrons. The topological polar surface area (TPSA) is 69.2 Å². The van der Waals surface area contributed by atoms with Crippen LogP contribution in [0.3, 0.4) is 0 Å². The van der Waals surface area contributed by atoms with Crippen LogP contribution in [-0.2, 0) is 4.74 Å². The molecule has 156 valence electrons. The third-order valence-corrected chi connectivity index (χ3v) is 5.53. The lowest BCUT2D eigenvalue weighted by Crippen LogP contribution is -2.50. The van der Waals surface area contributed by atoms with Crippen LogP contribution in [0.25, 0.3) is 0 Å². The summed E-state index contributed by atoms with van der Waals surface area (Å²) in [5, 5.41) is 6.98. The van der Waals surface area contributed by atoms with Gasteiger partial charge in [0.25, 0.3) is 0 Å². The monoisotopic (exact) mass is 493 g/mol. The maximum atomic E-state index is 11.8. The average molecular weight is 493 g/mol. The molecule has 1 heterocycles. The van der Waals surface area contributed by atoms with Gasteiger partial charge >= 0.3 is 6.09 Å². The van der Waals surface area contributed by atoms with E-state index >= 15 is 0 Å². The van der Waals surface area contributed by atoms with Crippen molar-refractivity contribution in [1.82, 2.24) is 20.4 Å². The molecule has 0 atom stereocenters. The standard InChI is InChI=1S/C19H35N5O2.HI/c1-3-26-19(25)23-11-8-16(9-12-23)22-18(20-2)21-10-13-24(17-6-7-17)14-15-4-5-15;/h15-17H,3-14H2,1-2H3,(H2,20,21,22);1H. The highest BCUT2D eigenvalue weighted by atomic mass is 127. The van der Waals surface area contributed by atoms with Crippen molar-refractivity contribution in [1.29, 1.82) is 0 Å². The van der Waals surface area contributed by atoms with Gasteiger partial charge in [0, 0.05) is 51.9 Å². The number of likely N-dealkylation sites (tertiary alicyclic amines) is 1. The smallest absolute Gasteiger partial charge is 0.409 e. The summed E-state index contributed by atoms with van der Waals surface area (Å²) < 4.78 is 5.08.